The predicted molar refractivity (Wildman–Crippen MR) is 90.4 cm³/mol. The molecule has 0 spiro atoms. The summed E-state index contributed by atoms with van der Waals surface area (Å²) in [6.07, 6.45) is 5.59. The van der Waals surface area contributed by atoms with E-state index in [0.29, 0.717) is 0 Å². The summed E-state index contributed by atoms with van der Waals surface area (Å²) in [5.74, 6) is 0. The number of anilines is 1. The Hall–Kier alpha value is -0.770. The number of rotatable bonds is 5. The van der Waals surface area contributed by atoms with Gasteiger partial charge in [0.15, 0.2) is 0 Å². The Morgan fingerprint density at radius 3 is 2.33 bits per heavy atom. The maximum Gasteiger partial charge on any atom is 0.0407 e. The van der Waals surface area contributed by atoms with Gasteiger partial charge >= 0.3 is 0 Å². The fourth-order valence-corrected chi connectivity index (χ4v) is 3.56. The Kier molecular flexibility index (Phi) is 5.39. The second-order valence-electron chi connectivity index (χ2n) is 6.24. The van der Waals surface area contributed by atoms with E-state index < -0.39 is 0 Å². The van der Waals surface area contributed by atoms with Crippen LogP contribution >= 0.6 is 11.6 Å². The van der Waals surface area contributed by atoms with Gasteiger partial charge in [0.05, 0.1) is 0 Å². The summed E-state index contributed by atoms with van der Waals surface area (Å²) in [5, 5.41) is 4.52. The number of hydrogen-bond donors (Lipinski definition) is 1. The van der Waals surface area contributed by atoms with Gasteiger partial charge in [-0.15, -0.1) is 0 Å². The smallest absolute Gasteiger partial charge is 0.0407 e. The minimum atomic E-state index is 0.792. The van der Waals surface area contributed by atoms with Crippen LogP contribution in [-0.4, -0.2) is 50.2 Å². The molecule has 2 fully saturated rings. The molecule has 4 heteroatoms. The molecular formula is C17H26ClN3. The second-order valence-corrected chi connectivity index (χ2v) is 6.68. The molecule has 0 atom stereocenters. The van der Waals surface area contributed by atoms with Crippen LogP contribution in [0.5, 0.6) is 0 Å². The second kappa shape index (κ2) is 7.48. The molecule has 1 aliphatic heterocycles. The van der Waals surface area contributed by atoms with Crippen molar-refractivity contribution in [2.45, 2.75) is 31.7 Å². The zero-order valence-electron chi connectivity index (χ0n) is 12.7. The first-order valence-electron chi connectivity index (χ1n) is 8.27. The van der Waals surface area contributed by atoms with Gasteiger partial charge in [-0.2, -0.15) is 0 Å². The third-order valence-corrected chi connectivity index (χ3v) is 5.03. The highest BCUT2D eigenvalue weighted by molar-refractivity contribution is 6.30. The molecule has 3 nitrogen and oxygen atoms in total. The summed E-state index contributed by atoms with van der Waals surface area (Å²) < 4.78 is 0. The Labute approximate surface area is 133 Å². The maximum absolute atomic E-state index is 5.95. The highest BCUT2D eigenvalue weighted by Crippen LogP contribution is 2.19. The van der Waals surface area contributed by atoms with Crippen LogP contribution in [0.15, 0.2) is 24.3 Å². The van der Waals surface area contributed by atoms with Gasteiger partial charge in [0.25, 0.3) is 0 Å². The highest BCUT2D eigenvalue weighted by Gasteiger charge is 2.18. The van der Waals surface area contributed by atoms with E-state index in [4.69, 9.17) is 11.6 Å². The Morgan fingerprint density at radius 2 is 1.67 bits per heavy atom. The topological polar surface area (TPSA) is 18.5 Å². The molecule has 21 heavy (non-hydrogen) atoms. The van der Waals surface area contributed by atoms with E-state index in [1.54, 1.807) is 0 Å². The van der Waals surface area contributed by atoms with E-state index >= 15 is 0 Å². The van der Waals surface area contributed by atoms with E-state index in [2.05, 4.69) is 27.2 Å². The van der Waals surface area contributed by atoms with Crippen molar-refractivity contribution in [2.75, 3.05) is 44.2 Å². The minimum absolute atomic E-state index is 0.792. The first-order valence-corrected chi connectivity index (χ1v) is 8.65. The van der Waals surface area contributed by atoms with E-state index in [-0.39, 0.29) is 0 Å². The number of nitrogens with zero attached hydrogens (tertiary/aromatic N) is 2. The normalized spacial score (nSPS) is 21.1. The molecular weight excluding hydrogens is 282 g/mol. The molecule has 2 aliphatic rings. The lowest BCUT2D eigenvalue weighted by molar-refractivity contribution is 0.254. The van der Waals surface area contributed by atoms with E-state index in [9.17, 15) is 0 Å². The van der Waals surface area contributed by atoms with E-state index in [0.717, 1.165) is 43.8 Å². The molecule has 0 aromatic heterocycles. The van der Waals surface area contributed by atoms with Crippen LogP contribution in [0.4, 0.5) is 5.69 Å². The maximum atomic E-state index is 5.95. The molecule has 1 heterocycles. The molecule has 1 aromatic rings. The quantitative estimate of drug-likeness (QED) is 0.902. The summed E-state index contributed by atoms with van der Waals surface area (Å²) in [6, 6.07) is 9.00. The monoisotopic (exact) mass is 307 g/mol. The molecule has 1 aliphatic carbocycles. The van der Waals surface area contributed by atoms with Crippen molar-refractivity contribution in [1.82, 2.24) is 10.2 Å². The lowest BCUT2D eigenvalue weighted by atomic mass is 10.2. The van der Waals surface area contributed by atoms with Crippen molar-refractivity contribution in [3.8, 4) is 0 Å². The van der Waals surface area contributed by atoms with Crippen LogP contribution in [-0.2, 0) is 0 Å². The molecule has 1 saturated carbocycles. The van der Waals surface area contributed by atoms with Crippen LogP contribution in [0.25, 0.3) is 0 Å². The fourth-order valence-electron chi connectivity index (χ4n) is 3.44. The summed E-state index contributed by atoms with van der Waals surface area (Å²) in [7, 11) is 0. The molecule has 3 rings (SSSR count). The van der Waals surface area contributed by atoms with E-state index in [1.165, 1.54) is 37.9 Å². The van der Waals surface area contributed by atoms with Crippen molar-refractivity contribution >= 4 is 17.3 Å². The Morgan fingerprint density at radius 1 is 1.00 bits per heavy atom. The average Bonchev–Trinajstić information content (AvgIpc) is 3.02. The van der Waals surface area contributed by atoms with Crippen LogP contribution < -0.4 is 10.2 Å². The van der Waals surface area contributed by atoms with Crippen LogP contribution in [0.1, 0.15) is 25.7 Å². The fraction of sp³-hybridized carbons (Fsp3) is 0.647. The van der Waals surface area contributed by atoms with Gasteiger partial charge in [-0.25, -0.2) is 0 Å². The van der Waals surface area contributed by atoms with Crippen molar-refractivity contribution in [3.05, 3.63) is 29.3 Å². The van der Waals surface area contributed by atoms with Crippen LogP contribution in [0, 0.1) is 0 Å². The van der Waals surface area contributed by atoms with Crippen molar-refractivity contribution in [3.63, 3.8) is 0 Å². The molecule has 1 saturated heterocycles. The van der Waals surface area contributed by atoms with Crippen molar-refractivity contribution in [2.24, 2.45) is 0 Å². The van der Waals surface area contributed by atoms with Crippen molar-refractivity contribution in [1.29, 1.82) is 0 Å². The van der Waals surface area contributed by atoms with Crippen LogP contribution in [0.2, 0.25) is 5.02 Å². The highest BCUT2D eigenvalue weighted by atomic mass is 35.5. The molecule has 1 N–H and O–H groups in total. The van der Waals surface area contributed by atoms with Gasteiger partial charge in [-0.1, -0.05) is 24.4 Å². The molecule has 0 radical (unpaired) electrons. The van der Waals surface area contributed by atoms with Gasteiger partial charge in [0.1, 0.15) is 0 Å². The number of halogens is 1. The van der Waals surface area contributed by atoms with Gasteiger partial charge < -0.3 is 10.2 Å². The standard InChI is InChI=1S/C17H26ClN3/c18-15-5-7-17(8-6-15)21-13-11-20(12-14-21)10-9-19-16-3-1-2-4-16/h5-8,16,19H,1-4,9-14H2. The van der Waals surface area contributed by atoms with Crippen molar-refractivity contribution < 1.29 is 0 Å². The molecule has 0 unspecified atom stereocenters. The minimum Gasteiger partial charge on any atom is -0.369 e. The zero-order valence-corrected chi connectivity index (χ0v) is 13.5. The molecule has 0 amide bonds. The Bertz CT molecular complexity index is 420. The number of hydrogen-bond acceptors (Lipinski definition) is 3. The zero-order chi connectivity index (χ0) is 14.5. The third-order valence-electron chi connectivity index (χ3n) is 4.78. The summed E-state index contributed by atoms with van der Waals surface area (Å²) in [6.45, 7) is 6.89. The van der Waals surface area contributed by atoms with Gasteiger partial charge in [0, 0.05) is 56.0 Å². The number of nitrogens with one attached hydrogen (secondary N) is 1. The van der Waals surface area contributed by atoms with Gasteiger partial charge in [-0.3, -0.25) is 4.90 Å². The SMILES string of the molecule is Clc1ccc(N2CCN(CCNC3CCCC3)CC2)cc1. The average molecular weight is 308 g/mol. The largest absolute Gasteiger partial charge is 0.369 e. The molecule has 1 aromatic carbocycles. The van der Waals surface area contributed by atoms with Gasteiger partial charge in [0.2, 0.25) is 0 Å². The first-order chi connectivity index (χ1) is 10.3. The third kappa shape index (κ3) is 4.35. The lowest BCUT2D eigenvalue weighted by Crippen LogP contribution is -2.48. The number of benzene rings is 1. The summed E-state index contributed by atoms with van der Waals surface area (Å²) >= 11 is 5.95. The van der Waals surface area contributed by atoms with Gasteiger partial charge in [-0.05, 0) is 37.1 Å². The van der Waals surface area contributed by atoms with Crippen LogP contribution in [0.3, 0.4) is 0 Å². The Balaban J connectivity index is 1.37. The summed E-state index contributed by atoms with van der Waals surface area (Å²) in [5.41, 5.74) is 1.29. The predicted octanol–water partition coefficient (Wildman–Crippen LogP) is 2.99. The first kappa shape index (κ1) is 15.1. The molecule has 0 bridgehead atoms. The molecule has 116 valence electrons. The van der Waals surface area contributed by atoms with E-state index in [1.807, 2.05) is 12.1 Å². The lowest BCUT2D eigenvalue weighted by Gasteiger charge is -2.36. The summed E-state index contributed by atoms with van der Waals surface area (Å²) in [4.78, 5) is 5.03. The number of piperazine rings is 1.